The van der Waals surface area contributed by atoms with Gasteiger partial charge in [-0.3, -0.25) is 4.79 Å². The summed E-state index contributed by atoms with van der Waals surface area (Å²) in [6, 6.07) is 0. The molecule has 0 radical (unpaired) electrons. The Hall–Kier alpha value is -1.27. The van der Waals surface area contributed by atoms with E-state index >= 15 is 0 Å². The van der Waals surface area contributed by atoms with Crippen LogP contribution in [0.4, 0.5) is 5.13 Å². The summed E-state index contributed by atoms with van der Waals surface area (Å²) in [5, 5.41) is 4.06. The van der Waals surface area contributed by atoms with E-state index in [1.165, 1.54) is 24.2 Å². The summed E-state index contributed by atoms with van der Waals surface area (Å²) < 4.78 is 0. The Morgan fingerprint density at radius 1 is 1.47 bits per heavy atom. The fourth-order valence-electron chi connectivity index (χ4n) is 2.02. The van der Waals surface area contributed by atoms with Gasteiger partial charge in [-0.05, 0) is 19.8 Å². The quantitative estimate of drug-likeness (QED) is 0.794. The summed E-state index contributed by atoms with van der Waals surface area (Å²) in [6.07, 6.45) is 3.27. The average molecular weight is 293 g/mol. The van der Waals surface area contributed by atoms with E-state index < -0.39 is 0 Å². The van der Waals surface area contributed by atoms with Gasteiger partial charge in [-0.25, -0.2) is 9.97 Å². The van der Waals surface area contributed by atoms with Crippen molar-refractivity contribution in [3.05, 3.63) is 26.7 Å². The van der Waals surface area contributed by atoms with Crippen LogP contribution in [0.25, 0.3) is 0 Å². The first-order chi connectivity index (χ1) is 9.17. The van der Waals surface area contributed by atoms with Crippen molar-refractivity contribution >= 4 is 34.1 Å². The van der Waals surface area contributed by atoms with Gasteiger partial charge in [-0.1, -0.05) is 11.3 Å². The van der Waals surface area contributed by atoms with Gasteiger partial charge in [0.05, 0.1) is 27.8 Å². The number of nitrogens with zero attached hydrogens (tertiary/aromatic N) is 3. The number of hydrogen-bond donors (Lipinski definition) is 0. The Bertz CT molecular complexity index is 601. The Labute approximate surface area is 120 Å². The summed E-state index contributed by atoms with van der Waals surface area (Å²) in [5.74, 6) is 0.514. The van der Waals surface area contributed by atoms with Crippen molar-refractivity contribution in [2.24, 2.45) is 0 Å². The molecule has 1 aliphatic carbocycles. The second kappa shape index (κ2) is 5.02. The third kappa shape index (κ3) is 2.69. The number of anilines is 1. The molecule has 2 heterocycles. The highest BCUT2D eigenvalue weighted by Gasteiger charge is 2.30. The number of carbonyl (C=O) groups excluding carboxylic acids is 1. The number of aldehydes is 1. The Balaban J connectivity index is 1.79. The number of rotatable bonds is 5. The molecule has 0 aromatic carbocycles. The zero-order valence-corrected chi connectivity index (χ0v) is 12.6. The van der Waals surface area contributed by atoms with E-state index in [1.807, 2.05) is 14.0 Å². The van der Waals surface area contributed by atoms with E-state index in [0.29, 0.717) is 5.92 Å². The molecule has 0 spiro atoms. The predicted octanol–water partition coefficient (Wildman–Crippen LogP) is 3.23. The van der Waals surface area contributed by atoms with Crippen LogP contribution in [-0.4, -0.2) is 23.3 Å². The molecule has 19 heavy (non-hydrogen) atoms. The highest BCUT2D eigenvalue weighted by atomic mass is 32.1. The maximum atomic E-state index is 11.1. The summed E-state index contributed by atoms with van der Waals surface area (Å²) in [4.78, 5) is 23.0. The fourth-order valence-corrected chi connectivity index (χ4v) is 3.55. The van der Waals surface area contributed by atoms with E-state index in [0.717, 1.165) is 39.2 Å². The van der Waals surface area contributed by atoms with Crippen LogP contribution >= 0.6 is 22.7 Å². The second-order valence-corrected chi connectivity index (χ2v) is 6.92. The van der Waals surface area contributed by atoms with Crippen LogP contribution in [0.3, 0.4) is 0 Å². The molecule has 4 nitrogen and oxygen atoms in total. The van der Waals surface area contributed by atoms with E-state index in [9.17, 15) is 4.79 Å². The van der Waals surface area contributed by atoms with Crippen LogP contribution in [0.1, 0.15) is 44.8 Å². The molecule has 0 N–H and O–H groups in total. The summed E-state index contributed by atoms with van der Waals surface area (Å²) >= 11 is 3.14. The Morgan fingerprint density at radius 2 is 2.26 bits per heavy atom. The number of carbonyl (C=O) groups is 1. The summed E-state index contributed by atoms with van der Waals surface area (Å²) in [7, 11) is 2.00. The molecular formula is C13H15N3OS2. The minimum atomic E-state index is 0.514. The van der Waals surface area contributed by atoms with Gasteiger partial charge in [0.25, 0.3) is 0 Å². The number of thiazole rings is 2. The van der Waals surface area contributed by atoms with Gasteiger partial charge in [-0.2, -0.15) is 0 Å². The lowest BCUT2D eigenvalue weighted by Gasteiger charge is -2.13. The third-order valence-electron chi connectivity index (χ3n) is 3.13. The standard InChI is InChI=1S/C13H15N3OS2/c1-8-14-10(7-18-8)5-16(2)13-15-12(9-3-4-9)11(6-17)19-13/h6-7,9H,3-5H2,1-2H3. The lowest BCUT2D eigenvalue weighted by atomic mass is 10.3. The summed E-state index contributed by atoms with van der Waals surface area (Å²) in [5.41, 5.74) is 2.05. The van der Waals surface area contributed by atoms with Crippen LogP contribution < -0.4 is 4.90 Å². The van der Waals surface area contributed by atoms with Crippen molar-refractivity contribution in [2.45, 2.75) is 32.2 Å². The van der Waals surface area contributed by atoms with E-state index in [1.54, 1.807) is 11.3 Å². The van der Waals surface area contributed by atoms with Crippen molar-refractivity contribution in [2.75, 3.05) is 11.9 Å². The van der Waals surface area contributed by atoms with Crippen molar-refractivity contribution in [1.82, 2.24) is 9.97 Å². The van der Waals surface area contributed by atoms with Crippen molar-refractivity contribution < 1.29 is 4.79 Å². The molecule has 6 heteroatoms. The molecule has 1 aliphatic rings. The van der Waals surface area contributed by atoms with Gasteiger partial charge in [-0.15, -0.1) is 11.3 Å². The molecule has 0 aliphatic heterocycles. The lowest BCUT2D eigenvalue weighted by molar-refractivity contribution is 0.112. The van der Waals surface area contributed by atoms with Crippen molar-refractivity contribution in [3.63, 3.8) is 0 Å². The molecule has 0 bridgehead atoms. The number of aryl methyl sites for hydroxylation is 1. The van der Waals surface area contributed by atoms with E-state index in [2.05, 4.69) is 20.2 Å². The first kappa shape index (κ1) is 12.7. The van der Waals surface area contributed by atoms with Gasteiger partial charge in [0, 0.05) is 18.3 Å². The number of hydrogen-bond acceptors (Lipinski definition) is 6. The fraction of sp³-hybridized carbons (Fsp3) is 0.462. The van der Waals surface area contributed by atoms with Crippen LogP contribution in [0.15, 0.2) is 5.38 Å². The maximum absolute atomic E-state index is 11.1. The van der Waals surface area contributed by atoms with Crippen LogP contribution in [0.5, 0.6) is 0 Å². The highest BCUT2D eigenvalue weighted by molar-refractivity contribution is 7.17. The predicted molar refractivity (Wildman–Crippen MR) is 78.4 cm³/mol. The zero-order valence-electron chi connectivity index (χ0n) is 10.9. The molecular weight excluding hydrogens is 278 g/mol. The largest absolute Gasteiger partial charge is 0.345 e. The minimum Gasteiger partial charge on any atom is -0.345 e. The lowest BCUT2D eigenvalue weighted by Crippen LogP contribution is -2.16. The van der Waals surface area contributed by atoms with Crippen LogP contribution in [-0.2, 0) is 6.54 Å². The molecule has 0 amide bonds. The molecule has 2 aromatic rings. The maximum Gasteiger partial charge on any atom is 0.186 e. The average Bonchev–Trinajstić information content (AvgIpc) is 3.01. The minimum absolute atomic E-state index is 0.514. The van der Waals surface area contributed by atoms with Crippen molar-refractivity contribution in [3.8, 4) is 0 Å². The molecule has 3 rings (SSSR count). The van der Waals surface area contributed by atoms with Gasteiger partial charge < -0.3 is 4.90 Å². The molecule has 2 aromatic heterocycles. The zero-order chi connectivity index (χ0) is 13.4. The smallest absolute Gasteiger partial charge is 0.186 e. The van der Waals surface area contributed by atoms with Crippen molar-refractivity contribution in [1.29, 1.82) is 0 Å². The topological polar surface area (TPSA) is 46.1 Å². The second-order valence-electron chi connectivity index (χ2n) is 4.85. The number of aromatic nitrogens is 2. The molecule has 1 saturated carbocycles. The molecule has 1 fully saturated rings. The monoisotopic (exact) mass is 293 g/mol. The molecule has 0 atom stereocenters. The Kier molecular flexibility index (Phi) is 3.36. The first-order valence-electron chi connectivity index (χ1n) is 6.25. The van der Waals surface area contributed by atoms with E-state index in [4.69, 9.17) is 0 Å². The van der Waals surface area contributed by atoms with Gasteiger partial charge in [0.2, 0.25) is 0 Å². The van der Waals surface area contributed by atoms with Crippen LogP contribution in [0, 0.1) is 6.92 Å². The SMILES string of the molecule is Cc1nc(CN(C)c2nc(C3CC3)c(C=O)s2)cs1. The molecule has 0 unspecified atom stereocenters. The van der Waals surface area contributed by atoms with Gasteiger partial charge in [0.15, 0.2) is 11.4 Å². The summed E-state index contributed by atoms with van der Waals surface area (Å²) in [6.45, 7) is 2.74. The van der Waals surface area contributed by atoms with Crippen LogP contribution in [0.2, 0.25) is 0 Å². The first-order valence-corrected chi connectivity index (χ1v) is 7.95. The molecule has 100 valence electrons. The van der Waals surface area contributed by atoms with Gasteiger partial charge >= 0.3 is 0 Å². The highest BCUT2D eigenvalue weighted by Crippen LogP contribution is 2.43. The normalized spacial score (nSPS) is 14.6. The third-order valence-corrected chi connectivity index (χ3v) is 5.07. The Morgan fingerprint density at radius 3 is 2.84 bits per heavy atom. The molecule has 0 saturated heterocycles. The van der Waals surface area contributed by atoms with Gasteiger partial charge in [0.1, 0.15) is 0 Å². The van der Waals surface area contributed by atoms with E-state index in [-0.39, 0.29) is 0 Å².